The number of benzene rings is 1. The molecule has 1 fully saturated rings. The second-order valence-corrected chi connectivity index (χ2v) is 7.57. The summed E-state index contributed by atoms with van der Waals surface area (Å²) in [5, 5.41) is 3.55. The molecule has 1 saturated heterocycles. The highest BCUT2D eigenvalue weighted by molar-refractivity contribution is 5.96. The zero-order valence-electron chi connectivity index (χ0n) is 15.7. The highest BCUT2D eigenvalue weighted by Crippen LogP contribution is 2.34. The van der Waals surface area contributed by atoms with Gasteiger partial charge in [0.1, 0.15) is 11.4 Å². The van der Waals surface area contributed by atoms with Crippen molar-refractivity contribution in [2.75, 3.05) is 11.4 Å². The predicted molar refractivity (Wildman–Crippen MR) is 104 cm³/mol. The van der Waals surface area contributed by atoms with Gasteiger partial charge in [-0.2, -0.15) is 0 Å². The zero-order valence-corrected chi connectivity index (χ0v) is 15.7. The fraction of sp³-hybridized carbons (Fsp3) is 0.429. The lowest BCUT2D eigenvalue weighted by atomic mass is 9.97. The molecule has 1 atom stereocenters. The first-order valence-corrected chi connectivity index (χ1v) is 9.22. The Hall–Kier alpha value is -2.40. The van der Waals surface area contributed by atoms with Gasteiger partial charge in [-0.15, -0.1) is 0 Å². The van der Waals surface area contributed by atoms with Crippen LogP contribution in [0.25, 0.3) is 0 Å². The summed E-state index contributed by atoms with van der Waals surface area (Å²) in [7, 11) is 0. The molecule has 26 heavy (non-hydrogen) atoms. The molecule has 1 amide bonds. The Morgan fingerprint density at radius 3 is 2.58 bits per heavy atom. The fourth-order valence-corrected chi connectivity index (χ4v) is 3.18. The van der Waals surface area contributed by atoms with Gasteiger partial charge in [-0.1, -0.05) is 30.7 Å². The molecule has 1 aromatic heterocycles. The number of carbonyl (C=O) groups is 1. The van der Waals surface area contributed by atoms with E-state index in [9.17, 15) is 4.79 Å². The van der Waals surface area contributed by atoms with Gasteiger partial charge in [-0.25, -0.2) is 14.7 Å². The van der Waals surface area contributed by atoms with Crippen LogP contribution in [0, 0.1) is 0 Å². The number of carbonyl (C=O) groups excluding carboxylic acids is 1. The van der Waals surface area contributed by atoms with Gasteiger partial charge in [-0.3, -0.25) is 0 Å². The van der Waals surface area contributed by atoms with Gasteiger partial charge in [0.15, 0.2) is 0 Å². The number of aromatic nitrogens is 1. The number of ether oxygens (including phenoxy) is 1. The molecule has 5 heteroatoms. The molecule has 0 saturated carbocycles. The van der Waals surface area contributed by atoms with Crippen LogP contribution < -0.4 is 10.2 Å². The molecule has 5 nitrogen and oxygen atoms in total. The zero-order chi connectivity index (χ0) is 18.6. The average Bonchev–Trinajstić information content (AvgIpc) is 2.62. The summed E-state index contributed by atoms with van der Waals surface area (Å²) >= 11 is 0. The molecule has 138 valence electrons. The number of piperidine rings is 1. The van der Waals surface area contributed by atoms with Crippen molar-refractivity contribution < 1.29 is 9.53 Å². The Balaban J connectivity index is 2.03. The van der Waals surface area contributed by atoms with Crippen molar-refractivity contribution in [3.05, 3.63) is 54.2 Å². The van der Waals surface area contributed by atoms with Gasteiger partial charge in [0.2, 0.25) is 0 Å². The molecule has 2 heterocycles. The van der Waals surface area contributed by atoms with Gasteiger partial charge in [-0.05, 0) is 58.4 Å². The number of pyridine rings is 1. The van der Waals surface area contributed by atoms with Crippen molar-refractivity contribution >= 4 is 17.6 Å². The number of nitrogens with one attached hydrogen (secondary N) is 1. The SMILES string of the molecule is CC(C)(C)OC(=O)N(c1ccccc1)c1ncccc1C1CCCCN1. The Kier molecular flexibility index (Phi) is 5.57. The maximum atomic E-state index is 13.0. The Labute approximate surface area is 155 Å². The van der Waals surface area contributed by atoms with E-state index in [0.29, 0.717) is 5.82 Å². The number of nitrogens with zero attached hydrogens (tertiary/aromatic N) is 2. The summed E-state index contributed by atoms with van der Waals surface area (Å²) < 4.78 is 5.68. The van der Waals surface area contributed by atoms with Crippen LogP contribution in [0.1, 0.15) is 51.6 Å². The van der Waals surface area contributed by atoms with Crippen molar-refractivity contribution in [1.29, 1.82) is 0 Å². The van der Waals surface area contributed by atoms with Crippen LogP contribution in [0.3, 0.4) is 0 Å². The molecule has 1 aliphatic heterocycles. The molecule has 0 bridgehead atoms. The number of para-hydroxylation sites is 1. The molecule has 2 aromatic rings. The molecule has 3 rings (SSSR count). The van der Waals surface area contributed by atoms with E-state index in [0.717, 1.165) is 24.2 Å². The second-order valence-electron chi connectivity index (χ2n) is 7.57. The third kappa shape index (κ3) is 4.41. The predicted octanol–water partition coefficient (Wildman–Crippen LogP) is 4.97. The summed E-state index contributed by atoms with van der Waals surface area (Å²) in [4.78, 5) is 19.2. The van der Waals surface area contributed by atoms with E-state index in [1.807, 2.05) is 63.2 Å². The lowest BCUT2D eigenvalue weighted by Gasteiger charge is -2.31. The number of hydrogen-bond donors (Lipinski definition) is 1. The van der Waals surface area contributed by atoms with Crippen LogP contribution in [0.4, 0.5) is 16.3 Å². The lowest BCUT2D eigenvalue weighted by molar-refractivity contribution is 0.0598. The van der Waals surface area contributed by atoms with E-state index in [1.54, 1.807) is 11.1 Å². The molecular weight excluding hydrogens is 326 g/mol. The molecule has 1 aromatic carbocycles. The third-order valence-corrected chi connectivity index (χ3v) is 4.30. The highest BCUT2D eigenvalue weighted by Gasteiger charge is 2.29. The van der Waals surface area contributed by atoms with Gasteiger partial charge >= 0.3 is 6.09 Å². The largest absolute Gasteiger partial charge is 0.443 e. The molecule has 0 radical (unpaired) electrons. The van der Waals surface area contributed by atoms with Crippen LogP contribution in [-0.2, 0) is 4.74 Å². The maximum Gasteiger partial charge on any atom is 0.420 e. The van der Waals surface area contributed by atoms with E-state index in [1.165, 1.54) is 12.8 Å². The van der Waals surface area contributed by atoms with Crippen molar-refractivity contribution in [3.63, 3.8) is 0 Å². The topological polar surface area (TPSA) is 54.5 Å². The van der Waals surface area contributed by atoms with Crippen LogP contribution in [0.2, 0.25) is 0 Å². The van der Waals surface area contributed by atoms with Crippen LogP contribution in [0.5, 0.6) is 0 Å². The highest BCUT2D eigenvalue weighted by atomic mass is 16.6. The first-order chi connectivity index (χ1) is 12.5. The monoisotopic (exact) mass is 353 g/mol. The van der Waals surface area contributed by atoms with E-state index < -0.39 is 11.7 Å². The van der Waals surface area contributed by atoms with E-state index in [2.05, 4.69) is 10.3 Å². The minimum absolute atomic E-state index is 0.195. The summed E-state index contributed by atoms with van der Waals surface area (Å²) in [6.07, 6.45) is 4.70. The van der Waals surface area contributed by atoms with E-state index in [4.69, 9.17) is 4.74 Å². The van der Waals surface area contributed by atoms with Gasteiger partial charge in [0, 0.05) is 17.8 Å². The number of anilines is 2. The van der Waals surface area contributed by atoms with Crippen LogP contribution in [0.15, 0.2) is 48.7 Å². The van der Waals surface area contributed by atoms with Crippen molar-refractivity contribution in [2.24, 2.45) is 0 Å². The second kappa shape index (κ2) is 7.87. The fourth-order valence-electron chi connectivity index (χ4n) is 3.18. The minimum Gasteiger partial charge on any atom is -0.443 e. The number of hydrogen-bond acceptors (Lipinski definition) is 4. The standard InChI is InChI=1S/C21H27N3O2/c1-21(2,3)26-20(25)24(16-10-5-4-6-11-16)19-17(12-9-15-23-19)18-13-7-8-14-22-18/h4-6,9-12,15,18,22H,7-8,13-14H2,1-3H3. The number of rotatable bonds is 3. The van der Waals surface area contributed by atoms with Crippen LogP contribution in [-0.4, -0.2) is 23.2 Å². The summed E-state index contributed by atoms with van der Waals surface area (Å²) in [5.74, 6) is 0.632. The van der Waals surface area contributed by atoms with Gasteiger partial charge in [0.05, 0.1) is 5.69 Å². The summed E-state index contributed by atoms with van der Waals surface area (Å²) in [6.45, 7) is 6.60. The first kappa shape index (κ1) is 18.4. The third-order valence-electron chi connectivity index (χ3n) is 4.30. The average molecular weight is 353 g/mol. The van der Waals surface area contributed by atoms with E-state index in [-0.39, 0.29) is 6.04 Å². The molecule has 0 aliphatic carbocycles. The Morgan fingerprint density at radius 1 is 1.15 bits per heavy atom. The quantitative estimate of drug-likeness (QED) is 0.846. The minimum atomic E-state index is -0.581. The Morgan fingerprint density at radius 2 is 1.92 bits per heavy atom. The smallest absolute Gasteiger partial charge is 0.420 e. The van der Waals surface area contributed by atoms with Gasteiger partial charge in [0.25, 0.3) is 0 Å². The van der Waals surface area contributed by atoms with Crippen molar-refractivity contribution in [3.8, 4) is 0 Å². The first-order valence-electron chi connectivity index (χ1n) is 9.22. The number of amides is 1. The van der Waals surface area contributed by atoms with E-state index >= 15 is 0 Å². The summed E-state index contributed by atoms with van der Waals surface area (Å²) in [6, 6.07) is 13.7. The lowest BCUT2D eigenvalue weighted by Crippen LogP contribution is -2.36. The molecule has 1 N–H and O–H groups in total. The van der Waals surface area contributed by atoms with Gasteiger partial charge < -0.3 is 10.1 Å². The van der Waals surface area contributed by atoms with Crippen LogP contribution >= 0.6 is 0 Å². The normalized spacial score (nSPS) is 17.6. The molecule has 1 aliphatic rings. The summed E-state index contributed by atoms with van der Waals surface area (Å²) in [5.41, 5.74) is 1.20. The maximum absolute atomic E-state index is 13.0. The van der Waals surface area contributed by atoms with Crippen molar-refractivity contribution in [1.82, 2.24) is 10.3 Å². The Bertz CT molecular complexity index is 734. The molecular formula is C21H27N3O2. The molecule has 1 unspecified atom stereocenters. The van der Waals surface area contributed by atoms with Crippen molar-refractivity contribution in [2.45, 2.75) is 51.7 Å². The molecule has 0 spiro atoms.